The number of hydrogen-bond donors (Lipinski definition) is 2. The molecule has 2 aromatic rings. The molecule has 0 radical (unpaired) electrons. The molecule has 0 saturated carbocycles. The van der Waals surface area contributed by atoms with E-state index in [-0.39, 0.29) is 11.5 Å². The van der Waals surface area contributed by atoms with Gasteiger partial charge in [-0.15, -0.1) is 0 Å². The van der Waals surface area contributed by atoms with Crippen LogP contribution in [0.15, 0.2) is 30.3 Å². The Kier molecular flexibility index (Phi) is 2.20. The maximum absolute atomic E-state index is 9.51. The van der Waals surface area contributed by atoms with Crippen LogP contribution < -0.4 is 2.81 Å². The van der Waals surface area contributed by atoms with Gasteiger partial charge in [0.2, 0.25) is 0 Å². The van der Waals surface area contributed by atoms with Crippen molar-refractivity contribution in [2.45, 2.75) is 0 Å². The molecule has 0 atom stereocenters. The van der Waals surface area contributed by atoms with E-state index in [1.54, 1.807) is 0 Å². The summed E-state index contributed by atoms with van der Waals surface area (Å²) in [6, 6.07) is 9.16. The van der Waals surface area contributed by atoms with Crippen LogP contribution in [0.25, 0.3) is 10.8 Å². The molecule has 2 aromatic carbocycles. The second kappa shape index (κ2) is 3.22. The minimum absolute atomic E-state index is 0.0285. The molecule has 0 heterocycles. The molecule has 3 heteroatoms. The number of hydrogen-bond acceptors (Lipinski definition) is 2. The van der Waals surface area contributed by atoms with Crippen LogP contribution in [0.2, 0.25) is 0 Å². The zero-order valence-electron chi connectivity index (χ0n) is 7.28. The number of rotatable bonds is 0. The standard InChI is InChI=1S/C10H7O2.Na/c11-9-6-5-7-3-1-2-4-8(7)10(9)12;/h2-6,11-12H;. The molecule has 0 fully saturated rings. The summed E-state index contributed by atoms with van der Waals surface area (Å²) in [7, 11) is 0. The van der Waals surface area contributed by atoms with Gasteiger partial charge in [0.05, 0.1) is 0 Å². The summed E-state index contributed by atoms with van der Waals surface area (Å²) in [4.78, 5) is 0. The molecule has 0 bridgehead atoms. The molecule has 0 aromatic heterocycles. The molecule has 2 nitrogen and oxygen atoms in total. The first kappa shape index (κ1) is 8.88. The fourth-order valence-corrected chi connectivity index (χ4v) is 1.90. The van der Waals surface area contributed by atoms with E-state index in [0.29, 0.717) is 5.39 Å². The summed E-state index contributed by atoms with van der Waals surface area (Å²) in [6.07, 6.45) is 0. The number of aromatic hydroxyl groups is 2. The Morgan fingerprint density at radius 1 is 1.00 bits per heavy atom. The fraction of sp³-hybridized carbons (Fsp3) is 0. The van der Waals surface area contributed by atoms with E-state index >= 15 is 0 Å². The van der Waals surface area contributed by atoms with Crippen molar-refractivity contribution in [3.63, 3.8) is 0 Å². The zero-order valence-corrected chi connectivity index (χ0v) is 9.28. The van der Waals surface area contributed by atoms with Gasteiger partial charge in [0.1, 0.15) is 0 Å². The minimum atomic E-state index is -0.0615. The van der Waals surface area contributed by atoms with E-state index in [2.05, 4.69) is 0 Å². The van der Waals surface area contributed by atoms with E-state index < -0.39 is 0 Å². The predicted octanol–water partition coefficient (Wildman–Crippen LogP) is 1.04. The Morgan fingerprint density at radius 2 is 1.77 bits per heavy atom. The monoisotopic (exact) mass is 182 g/mol. The van der Waals surface area contributed by atoms with Crippen molar-refractivity contribution in [3.8, 4) is 11.5 Å². The van der Waals surface area contributed by atoms with Crippen molar-refractivity contribution in [1.82, 2.24) is 0 Å². The Morgan fingerprint density at radius 3 is 2.54 bits per heavy atom. The van der Waals surface area contributed by atoms with Crippen LogP contribution in [0.1, 0.15) is 0 Å². The SMILES string of the molecule is Oc1ccc2c[c]([Na])ccc2c1O. The first-order chi connectivity index (χ1) is 6.18. The average Bonchev–Trinajstić information content (AvgIpc) is 2.12. The quantitative estimate of drug-likeness (QED) is 0.472. The number of phenolic OH excluding ortho intramolecular Hbond substituents is 2. The van der Waals surface area contributed by atoms with Crippen LogP contribution in [0, 0.1) is 0 Å². The fourth-order valence-electron chi connectivity index (χ4n) is 1.42. The average molecular weight is 182 g/mol. The van der Waals surface area contributed by atoms with Gasteiger partial charge in [0, 0.05) is 0 Å². The van der Waals surface area contributed by atoms with Crippen LogP contribution in [0.3, 0.4) is 0 Å². The van der Waals surface area contributed by atoms with Crippen molar-refractivity contribution in [3.05, 3.63) is 30.3 Å². The van der Waals surface area contributed by atoms with Gasteiger partial charge in [-0.3, -0.25) is 0 Å². The van der Waals surface area contributed by atoms with Crippen LogP contribution >= 0.6 is 0 Å². The number of phenols is 2. The third-order valence-electron chi connectivity index (χ3n) is 2.13. The van der Waals surface area contributed by atoms with Gasteiger partial charge < -0.3 is 0 Å². The summed E-state index contributed by atoms with van der Waals surface area (Å²) in [5.74, 6) is -0.0900. The molecule has 0 aliphatic heterocycles. The maximum atomic E-state index is 9.51. The summed E-state index contributed by atoms with van der Waals surface area (Å²) in [6.45, 7) is 0. The topological polar surface area (TPSA) is 40.5 Å². The first-order valence-electron chi connectivity index (χ1n) is 4.10. The molecule has 0 amide bonds. The Hall–Kier alpha value is -0.700. The third-order valence-corrected chi connectivity index (χ3v) is 2.75. The molecule has 0 aliphatic carbocycles. The van der Waals surface area contributed by atoms with E-state index in [1.807, 2.05) is 24.3 Å². The molecule has 0 unspecified atom stereocenters. The number of fused-ring (bicyclic) bond motifs is 1. The third kappa shape index (κ3) is 1.53. The molecular formula is C10H7NaO2. The van der Waals surface area contributed by atoms with Crippen molar-refractivity contribution in [2.75, 3.05) is 0 Å². The second-order valence-corrected chi connectivity index (χ2v) is 4.31. The molecular weight excluding hydrogens is 175 g/mol. The van der Waals surface area contributed by atoms with Crippen molar-refractivity contribution in [2.24, 2.45) is 0 Å². The molecule has 60 valence electrons. The van der Waals surface area contributed by atoms with Crippen LogP contribution in [-0.4, -0.2) is 38.1 Å². The van der Waals surface area contributed by atoms with Gasteiger partial charge in [-0.25, -0.2) is 0 Å². The van der Waals surface area contributed by atoms with Gasteiger partial charge >= 0.3 is 93.6 Å². The van der Waals surface area contributed by atoms with Crippen LogP contribution in [-0.2, 0) is 0 Å². The molecule has 0 spiro atoms. The molecule has 0 saturated heterocycles. The van der Waals surface area contributed by atoms with E-state index in [9.17, 15) is 10.2 Å². The van der Waals surface area contributed by atoms with E-state index in [4.69, 9.17) is 0 Å². The van der Waals surface area contributed by atoms with Crippen molar-refractivity contribution in [1.29, 1.82) is 0 Å². The van der Waals surface area contributed by atoms with Crippen LogP contribution in [0.4, 0.5) is 0 Å². The second-order valence-electron chi connectivity index (χ2n) is 3.16. The van der Waals surface area contributed by atoms with Crippen LogP contribution in [0.5, 0.6) is 11.5 Å². The predicted molar refractivity (Wildman–Crippen MR) is 52.7 cm³/mol. The Bertz CT molecular complexity index is 466. The Labute approximate surface area is 93.2 Å². The summed E-state index contributed by atoms with van der Waals surface area (Å²) >= 11 is 0.995. The zero-order chi connectivity index (χ0) is 9.42. The molecule has 0 aliphatic rings. The van der Waals surface area contributed by atoms with Gasteiger partial charge in [-0.2, -0.15) is 0 Å². The Balaban J connectivity index is 2.87. The van der Waals surface area contributed by atoms with Gasteiger partial charge in [-0.05, 0) is 0 Å². The summed E-state index contributed by atoms with van der Waals surface area (Å²) < 4.78 is 1.28. The van der Waals surface area contributed by atoms with Gasteiger partial charge in [0.25, 0.3) is 0 Å². The van der Waals surface area contributed by atoms with Gasteiger partial charge in [-0.1, -0.05) is 0 Å². The normalized spacial score (nSPS) is 10.6. The summed E-state index contributed by atoms with van der Waals surface area (Å²) in [5, 5.41) is 20.4. The molecule has 2 rings (SSSR count). The molecule has 2 N–H and O–H groups in total. The molecule has 13 heavy (non-hydrogen) atoms. The van der Waals surface area contributed by atoms with E-state index in [1.165, 1.54) is 8.88 Å². The van der Waals surface area contributed by atoms with E-state index in [0.717, 1.165) is 33.3 Å². The first-order valence-corrected chi connectivity index (χ1v) is 5.10. The number of benzene rings is 2. The summed E-state index contributed by atoms with van der Waals surface area (Å²) in [5.41, 5.74) is 0. The van der Waals surface area contributed by atoms with Gasteiger partial charge in [0.15, 0.2) is 0 Å². The van der Waals surface area contributed by atoms with Crippen molar-refractivity contribution >= 4 is 41.5 Å². The van der Waals surface area contributed by atoms with Crippen molar-refractivity contribution < 1.29 is 10.2 Å².